The van der Waals surface area contributed by atoms with Crippen molar-refractivity contribution in [3.8, 4) is 16.9 Å². The minimum Gasteiger partial charge on any atom is -0.482 e. The lowest BCUT2D eigenvalue weighted by Crippen LogP contribution is -2.18. The SMILES string of the molecule is CC(=O)O.CC(=O)O.CC(=O)O.CC(=O)O.CC(C)CC1CCC(CC(=O)O)CC1.CC(C)CC1CCC(CC(=O)O)CC1.CC(C)Cc1ccc(-c2ccccc2)cc1.CC(C)Cc1ccc(/C=C/c2ccccc2)cc1.CC(C)Cc1ccc(CC(=O)O)cc1.CC(C)Cc1ccc(Cc2ccccc2)cc1.CC(C)Cc1ccc(OCC(=O)O)cc1.CC(C)Cc1ccc2ccccc2c1. The number of rotatable bonds is 30. The van der Waals surface area contributed by atoms with Crippen LogP contribution in [-0.2, 0) is 89.7 Å². The molecule has 0 atom stereocenters. The van der Waals surface area contributed by atoms with Crippen LogP contribution in [0.3, 0.4) is 0 Å². The third-order valence-electron chi connectivity index (χ3n) is 21.4. The van der Waals surface area contributed by atoms with Gasteiger partial charge in [0.1, 0.15) is 5.75 Å². The maximum Gasteiger partial charge on any atom is 0.341 e. The van der Waals surface area contributed by atoms with Crippen LogP contribution in [0.25, 0.3) is 34.1 Å². The average molecular weight is 1890 g/mol. The molecule has 0 aromatic heterocycles. The van der Waals surface area contributed by atoms with Gasteiger partial charge in [-0.1, -0.05) is 391 Å². The summed E-state index contributed by atoms with van der Waals surface area (Å²) in [5.41, 5.74) is 17.0. The highest BCUT2D eigenvalue weighted by molar-refractivity contribution is 5.83. The molecule has 2 aliphatic rings. The fraction of sp³-hybridized carbons (Fsp3) is 0.438. The number of hydrogen-bond donors (Lipinski definition) is 8. The first-order valence-electron chi connectivity index (χ1n) is 49.2. The molecule has 0 amide bonds. The molecule has 0 saturated heterocycles. The van der Waals surface area contributed by atoms with Gasteiger partial charge >= 0.3 is 23.9 Å². The van der Waals surface area contributed by atoms with Crippen LogP contribution in [0.5, 0.6) is 5.75 Å². The van der Waals surface area contributed by atoms with Crippen molar-refractivity contribution in [1.29, 1.82) is 0 Å². The Kier molecular flexibility index (Phi) is 65.5. The molecule has 17 nitrogen and oxygen atoms in total. The van der Waals surface area contributed by atoms with Crippen molar-refractivity contribution in [2.45, 2.75) is 267 Å². The highest BCUT2D eigenvalue weighted by Crippen LogP contribution is 2.36. The molecule has 2 saturated carbocycles. The van der Waals surface area contributed by atoms with Crippen LogP contribution < -0.4 is 4.74 Å². The summed E-state index contributed by atoms with van der Waals surface area (Å²) in [7, 11) is 0. The molecule has 10 aromatic rings. The van der Waals surface area contributed by atoms with Crippen LogP contribution in [0.1, 0.15) is 277 Å². The maximum atomic E-state index is 10.5. The lowest BCUT2D eigenvalue weighted by atomic mass is 9.77. The molecule has 8 N–H and O–H groups in total. The first-order chi connectivity index (χ1) is 65.2. The molecule has 17 heteroatoms. The second-order valence-electron chi connectivity index (χ2n) is 39.3. The van der Waals surface area contributed by atoms with E-state index >= 15 is 0 Å². The molecule has 0 aliphatic heterocycles. The van der Waals surface area contributed by atoms with E-state index in [-0.39, 0.29) is 13.0 Å². The van der Waals surface area contributed by atoms with Crippen molar-refractivity contribution >= 4 is 70.7 Å². The Labute approximate surface area is 827 Å². The summed E-state index contributed by atoms with van der Waals surface area (Å²) in [5.74, 6) is 2.65. The van der Waals surface area contributed by atoms with Crippen molar-refractivity contribution in [3.05, 3.63) is 316 Å². The van der Waals surface area contributed by atoms with Gasteiger partial charge < -0.3 is 45.6 Å². The number of fused-ring (bicyclic) bond motifs is 1. The van der Waals surface area contributed by atoms with Gasteiger partial charge in [0.2, 0.25) is 0 Å². The number of hydrogen-bond acceptors (Lipinski definition) is 9. The van der Waals surface area contributed by atoms with Gasteiger partial charge in [0.05, 0.1) is 6.42 Å². The zero-order valence-corrected chi connectivity index (χ0v) is 86.4. The first-order valence-corrected chi connectivity index (χ1v) is 49.2. The van der Waals surface area contributed by atoms with E-state index < -0.39 is 47.8 Å². The van der Waals surface area contributed by atoms with E-state index in [0.29, 0.717) is 42.3 Å². The fourth-order valence-corrected chi connectivity index (χ4v) is 15.8. The molecule has 2 fully saturated rings. The van der Waals surface area contributed by atoms with E-state index in [1.54, 1.807) is 12.1 Å². The third kappa shape index (κ3) is 69.5. The van der Waals surface area contributed by atoms with Crippen LogP contribution >= 0.6 is 0 Å². The molecule has 752 valence electrons. The van der Waals surface area contributed by atoms with E-state index in [1.165, 1.54) is 129 Å². The zero-order valence-electron chi connectivity index (χ0n) is 86.4. The minimum atomic E-state index is -0.957. The topological polar surface area (TPSA) is 308 Å². The molecule has 0 heterocycles. The third-order valence-corrected chi connectivity index (χ3v) is 21.4. The Balaban J connectivity index is 0.000000771. The number of benzene rings is 10. The van der Waals surface area contributed by atoms with Gasteiger partial charge in [-0.05, 0) is 250 Å². The minimum absolute atomic E-state index is 0.113. The lowest BCUT2D eigenvalue weighted by molar-refractivity contribution is -0.140. The highest BCUT2D eigenvalue weighted by atomic mass is 16.5. The van der Waals surface area contributed by atoms with Gasteiger partial charge in [-0.25, -0.2) is 4.79 Å². The van der Waals surface area contributed by atoms with Crippen molar-refractivity contribution < 1.29 is 83.9 Å². The summed E-state index contributed by atoms with van der Waals surface area (Å²) in [6, 6.07) is 89.0. The predicted octanol–water partition coefficient (Wildman–Crippen LogP) is 30.0. The predicted molar refractivity (Wildman–Crippen MR) is 569 cm³/mol. The second-order valence-corrected chi connectivity index (χ2v) is 39.3. The van der Waals surface area contributed by atoms with Gasteiger partial charge in [-0.15, -0.1) is 0 Å². The van der Waals surface area contributed by atoms with Crippen LogP contribution in [0.2, 0.25) is 0 Å². The van der Waals surface area contributed by atoms with Gasteiger partial charge in [0.15, 0.2) is 6.61 Å². The Morgan fingerprint density at radius 2 is 0.536 bits per heavy atom. The van der Waals surface area contributed by atoms with E-state index in [1.807, 2.05) is 42.5 Å². The van der Waals surface area contributed by atoms with Crippen LogP contribution in [-0.4, -0.2) is 95.2 Å². The molecule has 10 aromatic carbocycles. The molecule has 0 bridgehead atoms. The lowest BCUT2D eigenvalue weighted by Gasteiger charge is -2.28. The summed E-state index contributed by atoms with van der Waals surface area (Å²) in [4.78, 5) is 77.7. The molecule has 12 rings (SSSR count). The highest BCUT2D eigenvalue weighted by Gasteiger charge is 2.25. The standard InChI is InChI=1S/C18H20.C17H20.C16H18.C14H16.C12H16O3.2C12H22O2.C12H16O2.4C2H4O2/c1-15(2)14-18-12-10-17(11-13-18)9-8-16-6-4-3-5-7-16;1-14(2)12-16-8-10-17(11-9-16)13-15-6-4-3-5-7-15;1-13(2)12-14-8-10-16(11-9-14)15-6-4-3-5-7-15;1-11(2)9-12-7-8-13-5-3-4-6-14(13)10-12;1-9(2)7-10-3-5-11(6-4-10)15-8-12(13)14;3*1-9(2)7-10-3-5-11(6-4-10)8-12(13)14;4*1-2(3)4/h3-13,15H,14H2,1-2H3;3-11,14H,12-13H2,1-2H3;3-11,13H,12H2,1-2H3;3-8,10-11H,9H2,1-2H3;3-6,9H,7-8H2,1-2H3,(H,13,14);2*9-11H,3-8H2,1-2H3,(H,13,14);3-6,9H,7-8H2,1-2H3,(H,13,14);4*1H3,(H,3,4)/b9-8+;;;;;;;;;;;. The smallest absolute Gasteiger partial charge is 0.341 e. The van der Waals surface area contributed by atoms with Crippen molar-refractivity contribution in [3.63, 3.8) is 0 Å². The van der Waals surface area contributed by atoms with Gasteiger partial charge in [0, 0.05) is 40.5 Å². The fourth-order valence-electron chi connectivity index (χ4n) is 15.8. The molecule has 2 aliphatic carbocycles. The van der Waals surface area contributed by atoms with Crippen molar-refractivity contribution in [1.82, 2.24) is 0 Å². The van der Waals surface area contributed by atoms with Crippen LogP contribution in [0, 0.1) is 71.0 Å². The summed E-state index contributed by atoms with van der Waals surface area (Å²) >= 11 is 0. The second kappa shape index (κ2) is 73.0. The number of ether oxygens (including phenoxy) is 1. The van der Waals surface area contributed by atoms with Gasteiger partial charge in [0.25, 0.3) is 23.9 Å². The summed E-state index contributed by atoms with van der Waals surface area (Å²) in [6.45, 7) is 39.8. The molecule has 0 unspecified atom stereocenters. The molecular formula is C121H166O17. The van der Waals surface area contributed by atoms with Crippen LogP contribution in [0.15, 0.2) is 255 Å². The maximum absolute atomic E-state index is 10.5. The molecular weight excluding hydrogens is 1730 g/mol. The summed E-state index contributed by atoms with van der Waals surface area (Å²) in [5, 5.41) is 66.7. The van der Waals surface area contributed by atoms with Gasteiger partial charge in [-0.3, -0.25) is 33.6 Å². The Morgan fingerprint density at radius 3 is 0.877 bits per heavy atom. The number of carboxylic acids is 8. The Bertz CT molecular complexity index is 4840. The van der Waals surface area contributed by atoms with E-state index in [4.69, 9.17) is 64.8 Å². The number of carbonyl (C=O) groups is 8. The van der Waals surface area contributed by atoms with Gasteiger partial charge in [-0.2, -0.15) is 0 Å². The van der Waals surface area contributed by atoms with Crippen molar-refractivity contribution in [2.75, 3.05) is 6.61 Å². The quantitative estimate of drug-likeness (QED) is 0.0194. The summed E-state index contributed by atoms with van der Waals surface area (Å²) in [6.07, 6.45) is 25.1. The van der Waals surface area contributed by atoms with E-state index in [2.05, 4.69) is 323 Å². The van der Waals surface area contributed by atoms with Crippen LogP contribution in [0.4, 0.5) is 0 Å². The zero-order chi connectivity index (χ0) is 103. The monoisotopic (exact) mass is 1890 g/mol. The first kappa shape index (κ1) is 124. The normalized spacial score (nSPS) is 13.7. The largest absolute Gasteiger partial charge is 0.482 e. The molecule has 138 heavy (non-hydrogen) atoms. The Hall–Kier alpha value is -12.2. The summed E-state index contributed by atoms with van der Waals surface area (Å²) < 4.78 is 5.03. The average Bonchev–Trinajstić information content (AvgIpc) is 0.843. The number of aliphatic carboxylic acids is 8. The molecule has 0 spiro atoms. The molecule has 0 radical (unpaired) electrons. The van der Waals surface area contributed by atoms with Crippen molar-refractivity contribution in [2.24, 2.45) is 71.0 Å². The van der Waals surface area contributed by atoms with E-state index in [0.717, 1.165) is 138 Å². The van der Waals surface area contributed by atoms with E-state index in [9.17, 15) is 19.2 Å². The number of carboxylic acid groups (broad SMARTS) is 8. The Morgan fingerprint density at radius 1 is 0.268 bits per heavy atom.